The van der Waals surface area contributed by atoms with Gasteiger partial charge in [-0.2, -0.15) is 11.8 Å². The van der Waals surface area contributed by atoms with Crippen LogP contribution in [0.5, 0.6) is 11.5 Å². The number of aromatic hydroxyl groups is 2. The molecule has 28 N–H and O–H groups in total. The van der Waals surface area contributed by atoms with E-state index in [1.54, 1.807) is 38.3 Å². The molecule has 7 rings (SSSR count). The summed E-state index contributed by atoms with van der Waals surface area (Å²) in [4.78, 5) is 262. The summed E-state index contributed by atoms with van der Waals surface area (Å²) in [7, 11) is 0. The molecule has 46 nitrogen and oxygen atoms in total. The average Bonchev–Trinajstić information content (AvgIpc) is 1.70. The number of carbonyl (C=O) groups is 18. The van der Waals surface area contributed by atoms with Gasteiger partial charge in [0.2, 0.25) is 94.5 Å². The number of carboxylic acid groups (broad SMARTS) is 2. The summed E-state index contributed by atoms with van der Waals surface area (Å²) in [5.41, 5.74) is 18.3. The van der Waals surface area contributed by atoms with Gasteiger partial charge in [-0.05, 0) is 149 Å². The molecule has 0 bridgehead atoms. The molecule has 16 atom stereocenters. The Hall–Kier alpha value is -13.6. The number of guanidine groups is 1. The predicted octanol–water partition coefficient (Wildman–Crippen LogP) is -5.83. The zero-order chi connectivity index (χ0) is 97.7. The Bertz CT molecular complexity index is 4700. The minimum Gasteiger partial charge on any atom is -0.508 e. The zero-order valence-corrected chi connectivity index (χ0v) is 75.0. The first-order valence-corrected chi connectivity index (χ1v) is 45.1. The number of aliphatic hydroxyl groups is 2. The number of amides is 16. The fourth-order valence-electron chi connectivity index (χ4n) is 15.3. The monoisotopic (exact) mass is 1880 g/mol. The summed E-state index contributed by atoms with van der Waals surface area (Å²) >= 11 is 1.40. The Morgan fingerprint density at radius 1 is 0.496 bits per heavy atom. The normalized spacial score (nSPS) is 17.5. The number of primary amides is 2. The Morgan fingerprint density at radius 2 is 0.932 bits per heavy atom. The number of benzene rings is 3. The van der Waals surface area contributed by atoms with Crippen molar-refractivity contribution in [2.45, 2.75) is 239 Å². The van der Waals surface area contributed by atoms with Gasteiger partial charge in [0.05, 0.1) is 37.2 Å². The standard InChI is InChI=1S/C86H122N22O24S/c1-45(2)36-63(104-83(130)70(46(3)110)106-75(122)56(30-35-133-4)96-72(119)53-14-8-31-92-53)85(132)108-34-11-16-65(108)81(128)97-55(27-29-69(116)117)74(121)102-62(41-67(87)113)79(126)101-60(38-48-18-22-51(111)23-19-48)77(124)100-59(37-47-12-6-5-7-13-47)78(125)105-64(43-109)80(127)95-54(26-28-68(114)115)73(120)98-57(15-9-32-93-86(89)90)84(131)107-33-10-17-66(107)82(129)103-61(39-49-20-24-52(112)25-21-49)76(123)99-58(71(88)118)40-50-42-91-44-94-50/h5-7,12-13,18-25,42,44-46,53-66,70,92,109-112H,8-11,14-17,26-41,43H2,1-4H3,(H2,87,113)(H2,88,118)(H,91,94)(H,95,127)(H,96,119)(H,97,128)(H,98,120)(H,99,123)(H,100,124)(H,101,126)(H,102,121)(H,103,129)(H,104,130)(H,105,125)(H,106,122)(H,114,115)(H,116,117)(H4,89,90,93)/t46-,53+,54+,55+,56+,57+,58+,59+,60+,61+,62+,63+,64+,65+,66+,70+/m1/s1. The molecule has 726 valence electrons. The van der Waals surface area contributed by atoms with E-state index in [4.69, 9.17) is 22.6 Å². The largest absolute Gasteiger partial charge is 0.508 e. The molecule has 3 aliphatic rings. The summed E-state index contributed by atoms with van der Waals surface area (Å²) in [5.74, 6) is -19.9. The maximum absolute atomic E-state index is 15.1. The van der Waals surface area contributed by atoms with Gasteiger partial charge in [0.1, 0.15) is 96.1 Å². The molecular weight excluding hydrogens is 1760 g/mol. The summed E-state index contributed by atoms with van der Waals surface area (Å²) in [5, 5.41) is 105. The van der Waals surface area contributed by atoms with E-state index in [0.717, 1.165) is 16.2 Å². The van der Waals surface area contributed by atoms with E-state index in [-0.39, 0.29) is 107 Å². The SMILES string of the molecule is CSCC[C@H](NC(=O)[C@@H]1CCCN1)C(=O)N[C@H](C(=O)N[C@@H](CC(C)C)C(=O)N1CCC[C@H]1C(=O)N[C@@H](CCC(=O)O)C(=O)N[C@@H](CC(N)=O)C(=O)N[C@@H](Cc1ccc(O)cc1)C(=O)N[C@@H](Cc1ccccc1)C(=O)N[C@@H](CO)C(=O)N[C@@H](CCC(=O)O)C(=O)N[C@@H](CCCNC(=N)N)C(=O)N1CCC[C@H]1C(=O)N[C@@H](Cc1ccc(O)cc1)C(=O)N[C@@H](Cc1c[nH]cn1)C(N)=O)[C@@H](C)O. The van der Waals surface area contributed by atoms with Gasteiger partial charge in [0.15, 0.2) is 5.96 Å². The Balaban J connectivity index is 1.08. The number of phenols is 2. The second-order valence-electron chi connectivity index (χ2n) is 33.1. The van der Waals surface area contributed by atoms with Crippen LogP contribution in [0.4, 0.5) is 0 Å². The number of hydrogen-bond acceptors (Lipinski definition) is 26. The third-order valence-corrected chi connectivity index (χ3v) is 22.9. The van der Waals surface area contributed by atoms with Crippen LogP contribution >= 0.6 is 11.8 Å². The van der Waals surface area contributed by atoms with Crippen molar-refractivity contribution in [3.05, 3.63) is 114 Å². The highest BCUT2D eigenvalue weighted by atomic mass is 32.2. The summed E-state index contributed by atoms with van der Waals surface area (Å²) in [6.07, 6.45) is -0.729. The number of likely N-dealkylation sites (tertiary alicyclic amines) is 2. The lowest BCUT2D eigenvalue weighted by Gasteiger charge is -2.32. The van der Waals surface area contributed by atoms with Gasteiger partial charge in [-0.1, -0.05) is 68.4 Å². The van der Waals surface area contributed by atoms with E-state index >= 15 is 4.79 Å². The number of phenolic OH excluding ortho intramolecular Hbond substituents is 2. The van der Waals surface area contributed by atoms with Crippen LogP contribution in [0, 0.1) is 11.3 Å². The highest BCUT2D eigenvalue weighted by Gasteiger charge is 2.45. The Kier molecular flexibility index (Phi) is 42.5. The van der Waals surface area contributed by atoms with E-state index in [2.05, 4.69) is 84.4 Å². The Labute approximate surface area is 769 Å². The molecule has 3 saturated heterocycles. The summed E-state index contributed by atoms with van der Waals surface area (Å²) in [6.45, 7) is 3.83. The highest BCUT2D eigenvalue weighted by molar-refractivity contribution is 7.98. The van der Waals surface area contributed by atoms with Gasteiger partial charge < -0.3 is 137 Å². The zero-order valence-electron chi connectivity index (χ0n) is 74.2. The third-order valence-electron chi connectivity index (χ3n) is 22.3. The topological polar surface area (TPSA) is 734 Å². The number of hydrogen-bond donors (Lipinski definition) is 25. The van der Waals surface area contributed by atoms with Gasteiger partial charge in [0.25, 0.3) is 0 Å². The molecule has 133 heavy (non-hydrogen) atoms. The van der Waals surface area contributed by atoms with Crippen LogP contribution in [-0.2, 0) is 112 Å². The van der Waals surface area contributed by atoms with Crippen molar-refractivity contribution in [3.8, 4) is 11.5 Å². The molecule has 0 aliphatic carbocycles. The van der Waals surface area contributed by atoms with Crippen LogP contribution in [0.1, 0.15) is 139 Å². The number of aromatic nitrogens is 2. The lowest BCUT2D eigenvalue weighted by atomic mass is 10.0. The van der Waals surface area contributed by atoms with Crippen LogP contribution in [0.25, 0.3) is 0 Å². The predicted molar refractivity (Wildman–Crippen MR) is 477 cm³/mol. The van der Waals surface area contributed by atoms with Gasteiger partial charge in [-0.3, -0.25) is 91.7 Å². The lowest BCUT2D eigenvalue weighted by molar-refractivity contribution is -0.143. The number of aliphatic carboxylic acids is 2. The average molecular weight is 1880 g/mol. The molecule has 47 heteroatoms. The van der Waals surface area contributed by atoms with E-state index < -0.39 is 261 Å². The third kappa shape index (κ3) is 34.6. The maximum Gasteiger partial charge on any atom is 0.303 e. The van der Waals surface area contributed by atoms with Gasteiger partial charge in [0, 0.05) is 64.4 Å². The second-order valence-corrected chi connectivity index (χ2v) is 34.1. The highest BCUT2D eigenvalue weighted by Crippen LogP contribution is 2.25. The number of nitrogens with one attached hydrogen (secondary N) is 16. The van der Waals surface area contributed by atoms with Crippen molar-refractivity contribution in [1.82, 2.24) is 94.2 Å². The molecule has 4 aromatic rings. The van der Waals surface area contributed by atoms with Crippen molar-refractivity contribution >= 4 is 124 Å². The number of rotatable bonds is 54. The summed E-state index contributed by atoms with van der Waals surface area (Å²) < 4.78 is 0. The molecule has 0 radical (unpaired) electrons. The first kappa shape index (κ1) is 106. The minimum absolute atomic E-state index is 0.00738. The quantitative estimate of drug-likeness (QED) is 0.0111. The molecule has 0 spiro atoms. The molecular formula is C86H122N22O24S. The van der Waals surface area contributed by atoms with Crippen molar-refractivity contribution < 1.29 is 117 Å². The number of nitrogens with zero attached hydrogens (tertiary/aromatic N) is 3. The van der Waals surface area contributed by atoms with E-state index in [0.29, 0.717) is 35.5 Å². The molecule has 3 aliphatic heterocycles. The van der Waals surface area contributed by atoms with E-state index in [1.807, 2.05) is 0 Å². The Morgan fingerprint density at radius 3 is 1.41 bits per heavy atom. The first-order chi connectivity index (χ1) is 63.2. The molecule has 3 fully saturated rings. The first-order valence-electron chi connectivity index (χ1n) is 43.7. The van der Waals surface area contributed by atoms with Crippen molar-refractivity contribution in [2.75, 3.05) is 44.8 Å². The van der Waals surface area contributed by atoms with E-state index in [9.17, 15) is 112 Å². The fraction of sp³-hybridized carbons (Fsp3) is 0.535. The van der Waals surface area contributed by atoms with Crippen LogP contribution in [0.3, 0.4) is 0 Å². The number of H-pyrrole nitrogens is 1. The number of nitrogens with two attached hydrogens (primary N) is 3. The molecule has 0 saturated carbocycles. The number of carbonyl (C=O) groups excluding carboxylic acids is 16. The second kappa shape index (κ2) is 53.1. The van der Waals surface area contributed by atoms with E-state index in [1.165, 1.54) is 91.9 Å². The minimum atomic E-state index is -2.05. The molecule has 4 heterocycles. The molecule has 0 unspecified atom stereocenters. The number of thioether (sulfide) groups is 1. The van der Waals surface area contributed by atoms with Crippen molar-refractivity contribution in [2.24, 2.45) is 23.1 Å². The molecule has 16 amide bonds. The smallest absolute Gasteiger partial charge is 0.303 e. The number of aliphatic hydroxyl groups excluding tert-OH is 2. The molecule has 3 aromatic carbocycles. The van der Waals surface area contributed by atoms with Crippen LogP contribution < -0.4 is 91.6 Å². The van der Waals surface area contributed by atoms with Gasteiger partial charge in [-0.25, -0.2) is 4.98 Å². The van der Waals surface area contributed by atoms with Crippen LogP contribution in [0.2, 0.25) is 0 Å². The van der Waals surface area contributed by atoms with Crippen LogP contribution in [0.15, 0.2) is 91.4 Å². The van der Waals surface area contributed by atoms with Gasteiger partial charge >= 0.3 is 11.9 Å². The molecule has 1 aromatic heterocycles. The summed E-state index contributed by atoms with van der Waals surface area (Å²) in [6, 6.07) is -4.68. The van der Waals surface area contributed by atoms with Crippen LogP contribution in [-0.4, -0.2) is 304 Å². The number of aromatic amines is 1. The van der Waals surface area contributed by atoms with Crippen molar-refractivity contribution in [3.63, 3.8) is 0 Å². The van der Waals surface area contributed by atoms with Crippen molar-refractivity contribution in [1.29, 1.82) is 5.41 Å². The lowest BCUT2D eigenvalue weighted by Crippen LogP contribution is -2.62. The van der Waals surface area contributed by atoms with Gasteiger partial charge in [-0.15, -0.1) is 0 Å². The number of imidazole rings is 1. The maximum atomic E-state index is 15.1. The fourth-order valence-corrected chi connectivity index (χ4v) is 15.7. The number of carboxylic acids is 2.